The quantitative estimate of drug-likeness (QED) is 0.704. The van der Waals surface area contributed by atoms with Gasteiger partial charge in [0.05, 0.1) is 11.4 Å². The van der Waals surface area contributed by atoms with Gasteiger partial charge < -0.3 is 15.5 Å². The predicted molar refractivity (Wildman–Crippen MR) is 105 cm³/mol. The number of carbonyl (C=O) groups excluding carboxylic acids is 1. The van der Waals surface area contributed by atoms with Crippen LogP contribution in [0.15, 0.2) is 55.1 Å². The van der Waals surface area contributed by atoms with Crippen LogP contribution in [0.1, 0.15) is 10.4 Å². The van der Waals surface area contributed by atoms with Crippen molar-refractivity contribution in [3.05, 3.63) is 65.7 Å². The van der Waals surface area contributed by atoms with E-state index in [9.17, 15) is 4.79 Å². The van der Waals surface area contributed by atoms with E-state index in [-0.39, 0.29) is 5.91 Å². The first-order valence-corrected chi connectivity index (χ1v) is 9.04. The molecule has 138 valence electrons. The second kappa shape index (κ2) is 7.28. The molecular formula is C19H19ClN6O. The SMILES string of the molecule is Nc1ccc(N2CCN(C(=O)c3ccc(Cl)cc3)CC2)c(-n2cnnc2)c1. The first-order chi connectivity index (χ1) is 13.1. The molecule has 1 amide bonds. The van der Waals surface area contributed by atoms with E-state index in [1.165, 1.54) is 0 Å². The van der Waals surface area contributed by atoms with Gasteiger partial charge in [0.2, 0.25) is 0 Å². The zero-order valence-corrected chi connectivity index (χ0v) is 15.4. The molecule has 1 aliphatic rings. The third-order valence-electron chi connectivity index (χ3n) is 4.70. The van der Waals surface area contributed by atoms with Crippen LogP contribution < -0.4 is 10.6 Å². The molecule has 1 aromatic heterocycles. The standard InChI is InChI=1S/C19H19ClN6O/c20-15-3-1-14(2-4-15)19(27)25-9-7-24(8-10-25)17-6-5-16(21)11-18(17)26-12-22-23-13-26/h1-6,11-13H,7-10,21H2. The number of aromatic nitrogens is 3. The average Bonchev–Trinajstić information content (AvgIpc) is 3.23. The Morgan fingerprint density at radius 2 is 1.59 bits per heavy atom. The highest BCUT2D eigenvalue weighted by Crippen LogP contribution is 2.27. The third kappa shape index (κ3) is 3.59. The normalized spacial score (nSPS) is 14.4. The van der Waals surface area contributed by atoms with Gasteiger partial charge in [-0.15, -0.1) is 10.2 Å². The van der Waals surface area contributed by atoms with Crippen molar-refractivity contribution in [2.24, 2.45) is 0 Å². The molecule has 0 unspecified atom stereocenters. The summed E-state index contributed by atoms with van der Waals surface area (Å²) in [5.41, 5.74) is 9.27. The maximum Gasteiger partial charge on any atom is 0.253 e. The lowest BCUT2D eigenvalue weighted by Gasteiger charge is -2.37. The fourth-order valence-corrected chi connectivity index (χ4v) is 3.39. The van der Waals surface area contributed by atoms with Gasteiger partial charge in [-0.3, -0.25) is 9.36 Å². The summed E-state index contributed by atoms with van der Waals surface area (Å²) in [4.78, 5) is 16.8. The summed E-state index contributed by atoms with van der Waals surface area (Å²) < 4.78 is 1.84. The molecule has 2 aromatic carbocycles. The number of hydrogen-bond donors (Lipinski definition) is 1. The number of nitrogens with two attached hydrogens (primary N) is 1. The number of anilines is 2. The maximum absolute atomic E-state index is 12.7. The summed E-state index contributed by atoms with van der Waals surface area (Å²) >= 11 is 5.91. The third-order valence-corrected chi connectivity index (χ3v) is 4.95. The van der Waals surface area contributed by atoms with Gasteiger partial charge in [-0.1, -0.05) is 11.6 Å². The molecule has 8 heteroatoms. The number of carbonyl (C=O) groups is 1. The van der Waals surface area contributed by atoms with E-state index in [1.807, 2.05) is 27.7 Å². The Balaban J connectivity index is 1.50. The molecule has 1 fully saturated rings. The minimum Gasteiger partial charge on any atom is -0.399 e. The first kappa shape index (κ1) is 17.4. The fraction of sp³-hybridized carbons (Fsp3) is 0.211. The zero-order chi connectivity index (χ0) is 18.8. The highest BCUT2D eigenvalue weighted by Gasteiger charge is 2.24. The smallest absolute Gasteiger partial charge is 0.253 e. The first-order valence-electron chi connectivity index (χ1n) is 8.66. The van der Waals surface area contributed by atoms with Gasteiger partial charge in [0.1, 0.15) is 12.7 Å². The molecule has 27 heavy (non-hydrogen) atoms. The lowest BCUT2D eigenvalue weighted by atomic mass is 10.1. The van der Waals surface area contributed by atoms with Crippen LogP contribution in [-0.4, -0.2) is 51.8 Å². The summed E-state index contributed by atoms with van der Waals surface area (Å²) in [5.74, 6) is 0.0302. The Labute approximate surface area is 162 Å². The van der Waals surface area contributed by atoms with Crippen LogP contribution in [0.3, 0.4) is 0 Å². The van der Waals surface area contributed by atoms with E-state index < -0.39 is 0 Å². The molecular weight excluding hydrogens is 364 g/mol. The second-order valence-corrected chi connectivity index (χ2v) is 6.84. The minimum atomic E-state index is 0.0302. The number of piperazine rings is 1. The predicted octanol–water partition coefficient (Wildman–Crippen LogP) is 2.47. The monoisotopic (exact) mass is 382 g/mol. The molecule has 2 heterocycles. The fourth-order valence-electron chi connectivity index (χ4n) is 3.27. The number of nitrogen functional groups attached to an aromatic ring is 1. The molecule has 1 saturated heterocycles. The Hall–Kier alpha value is -3.06. The number of rotatable bonds is 3. The maximum atomic E-state index is 12.7. The van der Waals surface area contributed by atoms with Gasteiger partial charge in [-0.05, 0) is 42.5 Å². The van der Waals surface area contributed by atoms with Crippen LogP contribution in [0, 0.1) is 0 Å². The minimum absolute atomic E-state index is 0.0302. The molecule has 7 nitrogen and oxygen atoms in total. The van der Waals surface area contributed by atoms with E-state index >= 15 is 0 Å². The molecule has 0 bridgehead atoms. The number of halogens is 1. The Bertz CT molecular complexity index is 933. The number of nitrogens with zero attached hydrogens (tertiary/aromatic N) is 5. The van der Waals surface area contributed by atoms with Crippen LogP contribution in [0.5, 0.6) is 0 Å². The van der Waals surface area contributed by atoms with Gasteiger partial charge in [-0.2, -0.15) is 0 Å². The Morgan fingerprint density at radius 3 is 2.26 bits per heavy atom. The molecule has 4 rings (SSSR count). The van der Waals surface area contributed by atoms with E-state index in [1.54, 1.807) is 36.9 Å². The van der Waals surface area contributed by atoms with Crippen molar-refractivity contribution < 1.29 is 4.79 Å². The summed E-state index contributed by atoms with van der Waals surface area (Å²) in [7, 11) is 0. The topological polar surface area (TPSA) is 80.3 Å². The Kier molecular flexibility index (Phi) is 4.68. The average molecular weight is 383 g/mol. The summed E-state index contributed by atoms with van der Waals surface area (Å²) in [6.07, 6.45) is 3.30. The summed E-state index contributed by atoms with van der Waals surface area (Å²) in [6.45, 7) is 2.76. The van der Waals surface area contributed by atoms with Crippen molar-refractivity contribution in [3.8, 4) is 5.69 Å². The van der Waals surface area contributed by atoms with Crippen LogP contribution >= 0.6 is 11.6 Å². The van der Waals surface area contributed by atoms with Crippen LogP contribution in [0.25, 0.3) is 5.69 Å². The van der Waals surface area contributed by atoms with Crippen molar-refractivity contribution in [3.63, 3.8) is 0 Å². The van der Waals surface area contributed by atoms with Crippen molar-refractivity contribution in [1.29, 1.82) is 0 Å². The number of hydrogen-bond acceptors (Lipinski definition) is 5. The molecule has 0 radical (unpaired) electrons. The highest BCUT2D eigenvalue weighted by molar-refractivity contribution is 6.30. The zero-order valence-electron chi connectivity index (χ0n) is 14.6. The van der Waals surface area contributed by atoms with E-state index in [0.29, 0.717) is 29.4 Å². The molecule has 0 aliphatic carbocycles. The van der Waals surface area contributed by atoms with Crippen molar-refractivity contribution in [1.82, 2.24) is 19.7 Å². The Morgan fingerprint density at radius 1 is 0.926 bits per heavy atom. The number of amides is 1. The lowest BCUT2D eigenvalue weighted by molar-refractivity contribution is 0.0747. The van der Waals surface area contributed by atoms with Gasteiger partial charge in [-0.25, -0.2) is 0 Å². The molecule has 2 N–H and O–H groups in total. The van der Waals surface area contributed by atoms with Crippen molar-refractivity contribution >= 4 is 28.9 Å². The summed E-state index contributed by atoms with van der Waals surface area (Å²) in [6, 6.07) is 12.8. The van der Waals surface area contributed by atoms with Gasteiger partial charge in [0.25, 0.3) is 5.91 Å². The molecule has 1 aliphatic heterocycles. The summed E-state index contributed by atoms with van der Waals surface area (Å²) in [5, 5.41) is 8.39. The van der Waals surface area contributed by atoms with E-state index in [4.69, 9.17) is 17.3 Å². The lowest BCUT2D eigenvalue weighted by Crippen LogP contribution is -2.49. The molecule has 3 aromatic rings. The van der Waals surface area contributed by atoms with Crippen molar-refractivity contribution in [2.75, 3.05) is 36.8 Å². The molecule has 0 atom stereocenters. The van der Waals surface area contributed by atoms with Gasteiger partial charge in [0.15, 0.2) is 0 Å². The highest BCUT2D eigenvalue weighted by atomic mass is 35.5. The largest absolute Gasteiger partial charge is 0.399 e. The van der Waals surface area contributed by atoms with Crippen LogP contribution in [-0.2, 0) is 0 Å². The van der Waals surface area contributed by atoms with E-state index in [0.717, 1.165) is 24.5 Å². The van der Waals surface area contributed by atoms with Gasteiger partial charge >= 0.3 is 0 Å². The van der Waals surface area contributed by atoms with Crippen LogP contribution in [0.2, 0.25) is 5.02 Å². The van der Waals surface area contributed by atoms with Crippen LogP contribution in [0.4, 0.5) is 11.4 Å². The molecule has 0 spiro atoms. The van der Waals surface area contributed by atoms with E-state index in [2.05, 4.69) is 15.1 Å². The number of benzene rings is 2. The van der Waals surface area contributed by atoms with Gasteiger partial charge in [0, 0.05) is 42.5 Å². The van der Waals surface area contributed by atoms with Crippen molar-refractivity contribution in [2.45, 2.75) is 0 Å². The molecule has 0 saturated carbocycles. The second-order valence-electron chi connectivity index (χ2n) is 6.40.